The maximum Gasteiger partial charge on any atom is 0.338 e. The van der Waals surface area contributed by atoms with Crippen molar-refractivity contribution in [2.45, 2.75) is 227 Å². The number of unbranched alkanes of at least 4 members (excludes halogenated alkanes) is 11. The van der Waals surface area contributed by atoms with Gasteiger partial charge >= 0.3 is 17.7 Å². The van der Waals surface area contributed by atoms with Crippen molar-refractivity contribution in [2.75, 3.05) is 46.6 Å². The lowest BCUT2D eigenvalue weighted by atomic mass is 9.46. The molecule has 398 valence electrons. The van der Waals surface area contributed by atoms with Gasteiger partial charge < -0.3 is 80.4 Å². The summed E-state index contributed by atoms with van der Waals surface area (Å²) in [4.78, 5) is 26.6. The van der Waals surface area contributed by atoms with E-state index in [0.29, 0.717) is 51.0 Å². The van der Waals surface area contributed by atoms with E-state index in [9.17, 15) is 50.4 Å². The molecule has 0 aromatic rings. The van der Waals surface area contributed by atoms with Crippen LogP contribution < -0.4 is 0 Å². The molecule has 0 aromatic heterocycles. The van der Waals surface area contributed by atoms with Crippen LogP contribution in [0.5, 0.6) is 0 Å². The molecule has 2 saturated carbocycles. The Morgan fingerprint density at radius 3 is 1.52 bits per heavy atom. The highest BCUT2D eigenvalue weighted by molar-refractivity contribution is 6.44. The summed E-state index contributed by atoms with van der Waals surface area (Å²) in [6.07, 6.45) is 25.9. The van der Waals surface area contributed by atoms with E-state index in [4.69, 9.17) is 53.4 Å². The first-order chi connectivity index (χ1) is 32.4. The van der Waals surface area contributed by atoms with Crippen LogP contribution in [0, 0.1) is 23.7 Å². The number of aldehydes is 1. The van der Waals surface area contributed by atoms with E-state index in [1.165, 1.54) is 57.8 Å². The fraction of sp³-hybridized carbons (Fsp3) is 0.959. The van der Waals surface area contributed by atoms with Crippen LogP contribution in [0.15, 0.2) is 0 Å². The van der Waals surface area contributed by atoms with Gasteiger partial charge in [-0.1, -0.05) is 89.9 Å². The summed E-state index contributed by atoms with van der Waals surface area (Å²) in [5.41, 5.74) is -3.02. The van der Waals surface area contributed by atoms with Gasteiger partial charge in [0, 0.05) is 44.5 Å². The summed E-state index contributed by atoms with van der Waals surface area (Å²) in [5, 5.41) is 110. The first-order valence-corrected chi connectivity index (χ1v) is 26.1. The summed E-state index contributed by atoms with van der Waals surface area (Å²) in [6, 6.07) is 0. The Labute approximate surface area is 417 Å². The molecule has 3 unspecified atom stereocenters. The molecule has 2 aliphatic rings. The number of nitrogens with zero attached hydrogens (tertiary/aromatic N) is 1. The number of esters is 1. The molecule has 0 amide bonds. The molecule has 0 bridgehead atoms. The van der Waals surface area contributed by atoms with Gasteiger partial charge in [0.1, 0.15) is 29.8 Å². The summed E-state index contributed by atoms with van der Waals surface area (Å²) < 4.78 is 10.8. The van der Waals surface area contributed by atoms with Crippen molar-refractivity contribution in [1.82, 2.24) is 4.90 Å². The predicted octanol–water partition coefficient (Wildman–Crippen LogP) is 2.36. The van der Waals surface area contributed by atoms with E-state index in [1.54, 1.807) is 7.11 Å². The molecule has 20 heteroatoms. The number of aliphatic hydroxyl groups is 12. The van der Waals surface area contributed by atoms with Gasteiger partial charge in [-0.25, -0.2) is 0 Å². The number of carbonyl (C=O) groups is 2. The Balaban J connectivity index is 0.000000831. The second kappa shape index (κ2) is 34.3. The second-order valence-electron chi connectivity index (χ2n) is 20.3. The van der Waals surface area contributed by atoms with Crippen LogP contribution in [0.25, 0.3) is 0 Å². The molecule has 2 rings (SSSR count). The molecule has 2 aliphatic carbocycles. The van der Waals surface area contributed by atoms with Gasteiger partial charge in [0.25, 0.3) is 0 Å². The van der Waals surface area contributed by atoms with E-state index >= 15 is 0 Å². The average Bonchev–Trinajstić information content (AvgIpc) is 3.23. The number of methoxy groups -OCH3 is 1. The van der Waals surface area contributed by atoms with Crippen LogP contribution in [0.3, 0.4) is 0 Å². The molecule has 0 aromatic carbocycles. The van der Waals surface area contributed by atoms with Gasteiger partial charge in [-0.05, 0) is 121 Å². The highest BCUT2D eigenvalue weighted by atomic mass is 16.7. The minimum atomic E-state index is -4.07. The molecule has 17 nitrogen and oxygen atoms in total. The van der Waals surface area contributed by atoms with Crippen LogP contribution in [-0.4, -0.2) is 183 Å². The molecule has 0 saturated heterocycles. The van der Waals surface area contributed by atoms with Crippen molar-refractivity contribution in [3.63, 3.8) is 0 Å². The highest BCUT2D eigenvalue weighted by Crippen LogP contribution is 2.35. The number of aliphatic hydroxyl groups excluding tert-OH is 1. The monoisotopic (exact) mass is 984 g/mol. The van der Waals surface area contributed by atoms with Crippen molar-refractivity contribution < 1.29 is 80.3 Å². The molecule has 3 atom stereocenters. The molecular formula is C49H92B3NO16. The largest absolute Gasteiger partial charge is 0.465 e. The molecule has 2 fully saturated rings. The van der Waals surface area contributed by atoms with Gasteiger partial charge in [-0.3, -0.25) is 4.79 Å². The first-order valence-electron chi connectivity index (χ1n) is 26.1. The molecule has 12 N–H and O–H groups in total. The maximum absolute atomic E-state index is 13.0. The Morgan fingerprint density at radius 1 is 0.594 bits per heavy atom. The zero-order valence-corrected chi connectivity index (χ0v) is 42.0. The molecule has 0 spiro atoms. The van der Waals surface area contributed by atoms with Gasteiger partial charge in [0.05, 0.1) is 18.0 Å². The van der Waals surface area contributed by atoms with Gasteiger partial charge in [0.15, 0.2) is 5.79 Å². The summed E-state index contributed by atoms with van der Waals surface area (Å²) >= 11 is 0. The van der Waals surface area contributed by atoms with Crippen molar-refractivity contribution in [1.29, 1.82) is 0 Å². The quantitative estimate of drug-likeness (QED) is 0.0137. The van der Waals surface area contributed by atoms with E-state index in [2.05, 4.69) is 4.90 Å². The Bertz CT molecular complexity index is 1330. The zero-order chi connectivity index (χ0) is 52.0. The van der Waals surface area contributed by atoms with E-state index in [-0.39, 0.29) is 43.7 Å². The van der Waals surface area contributed by atoms with Gasteiger partial charge in [0.2, 0.25) is 5.79 Å². The van der Waals surface area contributed by atoms with E-state index < -0.39 is 40.7 Å². The molecule has 6 radical (unpaired) electrons. The summed E-state index contributed by atoms with van der Waals surface area (Å²) in [6.45, 7) is 4.68. The van der Waals surface area contributed by atoms with Gasteiger partial charge in [-0.15, -0.1) is 0 Å². The predicted molar refractivity (Wildman–Crippen MR) is 263 cm³/mol. The van der Waals surface area contributed by atoms with E-state index in [1.807, 2.05) is 0 Å². The normalized spacial score (nSPS) is 17.1. The number of rotatable bonds is 42. The minimum absolute atomic E-state index is 0.0200. The average molecular weight is 984 g/mol. The van der Waals surface area contributed by atoms with Crippen LogP contribution in [-0.2, 0) is 19.1 Å². The first kappa shape index (κ1) is 65.8. The standard InChI is InChI=1S/C33H62B3NO8.C16H30O8/c1-44-26-13-4-2-9-22-37(24-11-12-25-38)23-10-3-5-14-27-45-30(39)29(20-19-28-16-15-17-28)18-7-6-8-21-31(40,41)32(34,42)33(35,36)43;17-11-13(9-8-12-6-4-7-12)5-2-1-3-10-14(18,19)15(20,21)16(22,23)24/h28-29,38,40-43H,2-27H2,1H3;11-13,18-24H,1-10H2. The fourth-order valence-electron chi connectivity index (χ4n) is 8.76. The zero-order valence-electron chi connectivity index (χ0n) is 42.0. The maximum atomic E-state index is 13.0. The van der Waals surface area contributed by atoms with Crippen molar-refractivity contribution in [2.24, 2.45) is 23.7 Å². The SMILES string of the molecule is O=CC(CCCCCC(O)(O)C(O)(O)C(O)(O)O)CCC1CCC1.[B]C([B])(O)C([B])(O)C(O)(O)CCCCCC(CCC1CCC1)C(=O)OCCCCCCN(CCCCO)CCCCCCOC. The number of ether oxygens (including phenoxy) is 2. The highest BCUT2D eigenvalue weighted by Gasteiger charge is 2.61. The third-order valence-electron chi connectivity index (χ3n) is 14.3. The van der Waals surface area contributed by atoms with Crippen LogP contribution in [0.2, 0.25) is 0 Å². The van der Waals surface area contributed by atoms with Crippen molar-refractivity contribution in [3.05, 3.63) is 0 Å². The summed E-state index contributed by atoms with van der Waals surface area (Å²) in [7, 11) is 17.5. The number of carbonyl (C=O) groups excluding carboxylic acids is 2. The molecule has 0 aliphatic heterocycles. The summed E-state index contributed by atoms with van der Waals surface area (Å²) in [5.74, 6) is -13.1. The Hall–Kier alpha value is -1.23. The minimum Gasteiger partial charge on any atom is -0.465 e. The van der Waals surface area contributed by atoms with Gasteiger partial charge in [-0.2, -0.15) is 0 Å². The Kier molecular flexibility index (Phi) is 32.7. The third kappa shape index (κ3) is 26.0. The Morgan fingerprint density at radius 2 is 1.06 bits per heavy atom. The number of hydrogen-bond donors (Lipinski definition) is 12. The van der Waals surface area contributed by atoms with Crippen LogP contribution in [0.4, 0.5) is 0 Å². The molecule has 69 heavy (non-hydrogen) atoms. The van der Waals surface area contributed by atoms with Crippen LogP contribution >= 0.6 is 0 Å². The van der Waals surface area contributed by atoms with Crippen molar-refractivity contribution >= 4 is 35.8 Å². The number of hydrogen-bond acceptors (Lipinski definition) is 17. The fourth-order valence-corrected chi connectivity index (χ4v) is 8.76. The molecule has 0 heterocycles. The van der Waals surface area contributed by atoms with Crippen LogP contribution in [0.1, 0.15) is 193 Å². The third-order valence-corrected chi connectivity index (χ3v) is 14.3. The van der Waals surface area contributed by atoms with E-state index in [0.717, 1.165) is 109 Å². The lowest BCUT2D eigenvalue weighted by Crippen LogP contribution is -2.69. The lowest BCUT2D eigenvalue weighted by molar-refractivity contribution is -0.509. The second-order valence-corrected chi connectivity index (χ2v) is 20.3. The smallest absolute Gasteiger partial charge is 0.338 e. The topological polar surface area (TPSA) is 299 Å². The lowest BCUT2D eigenvalue weighted by Gasteiger charge is -2.46. The molecular weight excluding hydrogens is 891 g/mol. The van der Waals surface area contributed by atoms with Crippen molar-refractivity contribution in [3.8, 4) is 0 Å².